The van der Waals surface area contributed by atoms with Crippen molar-refractivity contribution in [2.24, 2.45) is 0 Å². The van der Waals surface area contributed by atoms with E-state index in [9.17, 15) is 9.90 Å². The summed E-state index contributed by atoms with van der Waals surface area (Å²) in [5, 5.41) is 9.25. The van der Waals surface area contributed by atoms with Gasteiger partial charge in [0.1, 0.15) is 12.5 Å². The number of hydrogen-bond donors (Lipinski definition) is 1. The fourth-order valence-electron chi connectivity index (χ4n) is 1.60. The van der Waals surface area contributed by atoms with Crippen LogP contribution in [0.4, 0.5) is 0 Å². The molecule has 1 rings (SSSR count). The van der Waals surface area contributed by atoms with Gasteiger partial charge in [0.15, 0.2) is 6.10 Å². The van der Waals surface area contributed by atoms with Crippen LogP contribution in [-0.4, -0.2) is 39.6 Å². The molecule has 0 saturated carbocycles. The highest BCUT2D eigenvalue weighted by molar-refractivity contribution is 6.76. The number of carboxylic acids is 1. The number of hydrogen-bond acceptors (Lipinski definition) is 4. The molecule has 1 aromatic rings. The third kappa shape index (κ3) is 6.75. The molecular weight excluding hydrogens is 288 g/mol. The minimum absolute atomic E-state index is 0.0492. The highest BCUT2D eigenvalue weighted by atomic mass is 28.3. The van der Waals surface area contributed by atoms with E-state index in [2.05, 4.69) is 19.6 Å². The van der Waals surface area contributed by atoms with Gasteiger partial charge in [-0.3, -0.25) is 0 Å². The van der Waals surface area contributed by atoms with Crippen LogP contribution in [-0.2, 0) is 14.3 Å². The molecule has 0 aliphatic rings. The van der Waals surface area contributed by atoms with E-state index in [0.717, 1.165) is 6.04 Å². The second kappa shape index (κ2) is 8.16. The molecule has 1 aromatic carbocycles. The Labute approximate surface area is 128 Å². The van der Waals surface area contributed by atoms with Gasteiger partial charge in [-0.1, -0.05) is 31.8 Å². The molecule has 0 fully saturated rings. The van der Waals surface area contributed by atoms with Gasteiger partial charge in [0.25, 0.3) is 0 Å². The smallest absolute Gasteiger partial charge is 0.337 e. The van der Waals surface area contributed by atoms with Gasteiger partial charge < -0.3 is 19.3 Å². The standard InChI is InChI=1S/C15H24O5Si/c1-18-13-7-5-12(6-8-13)14(15(16)17)20-11-19-9-10-21(2,3)4/h5-8,14H,9-11H2,1-4H3,(H,16,17)/t14-/m1/s1/i1D. The summed E-state index contributed by atoms with van der Waals surface area (Å²) in [5.74, 6) is -0.544. The predicted octanol–water partition coefficient (Wildman–Crippen LogP) is 3.15. The number of aliphatic carboxylic acids is 1. The summed E-state index contributed by atoms with van der Waals surface area (Å²) >= 11 is 0. The molecule has 0 spiro atoms. The maximum absolute atomic E-state index is 11.3. The molecule has 21 heavy (non-hydrogen) atoms. The molecule has 6 heteroatoms. The number of carboxylic acid groups (broad SMARTS) is 1. The van der Waals surface area contributed by atoms with Gasteiger partial charge in [0.05, 0.1) is 8.46 Å². The third-order valence-electron chi connectivity index (χ3n) is 2.89. The topological polar surface area (TPSA) is 65.0 Å². The molecule has 1 N–H and O–H groups in total. The van der Waals surface area contributed by atoms with Gasteiger partial charge >= 0.3 is 5.97 Å². The zero-order chi connectivity index (χ0) is 16.6. The number of ether oxygens (including phenoxy) is 3. The molecule has 0 aliphatic heterocycles. The van der Waals surface area contributed by atoms with Crippen LogP contribution >= 0.6 is 0 Å². The van der Waals surface area contributed by atoms with Crippen LogP contribution in [0.5, 0.6) is 5.75 Å². The van der Waals surface area contributed by atoms with E-state index in [1.807, 2.05) is 0 Å². The van der Waals surface area contributed by atoms with Crippen molar-refractivity contribution in [1.29, 1.82) is 0 Å². The Bertz CT molecular complexity index is 458. The SMILES string of the molecule is [2H]COc1ccc([C@@H](OCOCC[Si](C)(C)C)C(=O)O)cc1. The summed E-state index contributed by atoms with van der Waals surface area (Å²) < 4.78 is 22.7. The fraction of sp³-hybridized carbons (Fsp3) is 0.533. The first-order chi connectivity index (χ1) is 10.3. The van der Waals surface area contributed by atoms with Crippen molar-refractivity contribution in [2.75, 3.05) is 20.5 Å². The van der Waals surface area contributed by atoms with Crippen molar-refractivity contribution in [1.82, 2.24) is 0 Å². The zero-order valence-corrected chi connectivity index (χ0v) is 13.8. The Morgan fingerprint density at radius 1 is 1.33 bits per heavy atom. The molecule has 0 bridgehead atoms. The highest BCUT2D eigenvalue weighted by Gasteiger charge is 2.21. The molecule has 0 saturated heterocycles. The summed E-state index contributed by atoms with van der Waals surface area (Å²) in [6, 6.07) is 7.48. The van der Waals surface area contributed by atoms with E-state index in [0.29, 0.717) is 17.9 Å². The largest absolute Gasteiger partial charge is 0.497 e. The van der Waals surface area contributed by atoms with Gasteiger partial charge in [0, 0.05) is 14.7 Å². The van der Waals surface area contributed by atoms with Crippen LogP contribution < -0.4 is 4.74 Å². The quantitative estimate of drug-likeness (QED) is 0.431. The first-order valence-corrected chi connectivity index (χ1v) is 10.5. The minimum atomic E-state index is -1.16. The lowest BCUT2D eigenvalue weighted by atomic mass is 10.1. The number of rotatable bonds is 9. The van der Waals surface area contributed by atoms with Crippen molar-refractivity contribution >= 4 is 14.0 Å². The molecule has 0 radical (unpaired) electrons. The molecule has 0 heterocycles. The van der Waals surface area contributed by atoms with Crippen molar-refractivity contribution in [3.63, 3.8) is 0 Å². The fourth-order valence-corrected chi connectivity index (χ4v) is 2.36. The molecule has 118 valence electrons. The second-order valence-corrected chi connectivity index (χ2v) is 11.6. The van der Waals surface area contributed by atoms with Crippen LogP contribution in [0.1, 0.15) is 13.0 Å². The van der Waals surface area contributed by atoms with Gasteiger partial charge in [-0.05, 0) is 23.7 Å². The average Bonchev–Trinajstić information content (AvgIpc) is 2.43. The molecule has 0 aromatic heterocycles. The summed E-state index contributed by atoms with van der Waals surface area (Å²) in [6.45, 7) is 7.28. The monoisotopic (exact) mass is 313 g/mol. The normalized spacial score (nSPS) is 13.6. The van der Waals surface area contributed by atoms with Crippen molar-refractivity contribution < 1.29 is 25.5 Å². The zero-order valence-electron chi connectivity index (χ0n) is 13.8. The summed E-state index contributed by atoms with van der Waals surface area (Å²) in [6.07, 6.45) is -1.07. The molecular formula is C15H24O5Si. The lowest BCUT2D eigenvalue weighted by Crippen LogP contribution is -2.23. The molecule has 0 amide bonds. The van der Waals surface area contributed by atoms with E-state index in [1.165, 1.54) is 0 Å². The van der Waals surface area contributed by atoms with Crippen molar-refractivity contribution in [2.45, 2.75) is 31.8 Å². The Morgan fingerprint density at radius 3 is 2.52 bits per heavy atom. The Morgan fingerprint density at radius 2 is 2.00 bits per heavy atom. The van der Waals surface area contributed by atoms with E-state index < -0.39 is 20.1 Å². The average molecular weight is 313 g/mol. The van der Waals surface area contributed by atoms with Crippen molar-refractivity contribution in [3.05, 3.63) is 29.8 Å². The first kappa shape index (κ1) is 16.0. The number of methoxy groups -OCH3 is 1. The first-order valence-electron chi connectivity index (χ1n) is 7.48. The van der Waals surface area contributed by atoms with Crippen LogP contribution in [0.3, 0.4) is 0 Å². The minimum Gasteiger partial charge on any atom is -0.497 e. The van der Waals surface area contributed by atoms with Gasteiger partial charge in [-0.25, -0.2) is 4.79 Å². The maximum Gasteiger partial charge on any atom is 0.337 e. The van der Waals surface area contributed by atoms with E-state index >= 15 is 0 Å². The Kier molecular flexibility index (Phi) is 6.22. The number of benzene rings is 1. The lowest BCUT2D eigenvalue weighted by Gasteiger charge is -2.17. The highest BCUT2D eigenvalue weighted by Crippen LogP contribution is 2.21. The number of carbonyl (C=O) groups is 1. The predicted molar refractivity (Wildman–Crippen MR) is 83.4 cm³/mol. The van der Waals surface area contributed by atoms with Crippen LogP contribution in [0.15, 0.2) is 24.3 Å². The van der Waals surface area contributed by atoms with Crippen molar-refractivity contribution in [3.8, 4) is 5.75 Å². The van der Waals surface area contributed by atoms with E-state index in [-0.39, 0.29) is 13.9 Å². The van der Waals surface area contributed by atoms with Gasteiger partial charge in [-0.15, -0.1) is 0 Å². The molecule has 0 aliphatic carbocycles. The van der Waals surface area contributed by atoms with Gasteiger partial charge in [-0.2, -0.15) is 0 Å². The second-order valence-electron chi connectivity index (χ2n) is 5.94. The summed E-state index contributed by atoms with van der Waals surface area (Å²) in [4.78, 5) is 11.3. The van der Waals surface area contributed by atoms with Crippen LogP contribution in [0.25, 0.3) is 0 Å². The Balaban J connectivity index is 2.50. The van der Waals surface area contributed by atoms with E-state index in [4.69, 9.17) is 15.6 Å². The van der Waals surface area contributed by atoms with Crippen LogP contribution in [0, 0.1) is 0 Å². The van der Waals surface area contributed by atoms with Gasteiger partial charge in [0.2, 0.25) is 0 Å². The van der Waals surface area contributed by atoms with Crippen LogP contribution in [0.2, 0.25) is 25.7 Å². The molecule has 1 atom stereocenters. The summed E-state index contributed by atoms with van der Waals surface area (Å²) in [7, 11) is -1.34. The molecule has 0 unspecified atom stereocenters. The summed E-state index contributed by atoms with van der Waals surface area (Å²) in [5.41, 5.74) is 0.513. The molecule has 5 nitrogen and oxygen atoms in total. The lowest BCUT2D eigenvalue weighted by molar-refractivity contribution is -0.161. The Hall–Kier alpha value is -1.37. The third-order valence-corrected chi connectivity index (χ3v) is 4.59. The van der Waals surface area contributed by atoms with E-state index in [1.54, 1.807) is 24.3 Å². The maximum atomic E-state index is 11.3.